The zero-order chi connectivity index (χ0) is 25.2. The zero-order valence-electron chi connectivity index (χ0n) is 22.0. The maximum Gasteiger partial charge on any atom is 0.214 e. The number of methoxy groups -OCH3 is 4. The van der Waals surface area contributed by atoms with E-state index in [1.165, 1.54) is 0 Å². The molecule has 0 aliphatic carbocycles. The highest BCUT2D eigenvalue weighted by atomic mass is 16.5. The highest BCUT2D eigenvalue weighted by Crippen LogP contribution is 2.37. The molecule has 3 rings (SSSR count). The van der Waals surface area contributed by atoms with Crippen LogP contribution >= 0.6 is 0 Å². The van der Waals surface area contributed by atoms with E-state index in [0.29, 0.717) is 23.6 Å². The van der Waals surface area contributed by atoms with E-state index in [9.17, 15) is 0 Å². The molecule has 0 aromatic heterocycles. The summed E-state index contributed by atoms with van der Waals surface area (Å²) in [6.07, 6.45) is 0. The molecule has 2 aliphatic rings. The first-order valence-corrected chi connectivity index (χ1v) is 11.7. The first-order valence-electron chi connectivity index (χ1n) is 11.7. The minimum absolute atomic E-state index is 0.172. The van der Waals surface area contributed by atoms with Crippen LogP contribution in [0.1, 0.15) is 62.0 Å². The Bertz CT molecular complexity index is 1030. The molecule has 0 N–H and O–H groups in total. The number of aryl methyl sites for hydroxylation is 1. The van der Waals surface area contributed by atoms with Gasteiger partial charge in [0.2, 0.25) is 23.6 Å². The van der Waals surface area contributed by atoms with Crippen LogP contribution < -0.4 is 0 Å². The van der Waals surface area contributed by atoms with E-state index in [2.05, 4.69) is 53.7 Å². The van der Waals surface area contributed by atoms with Gasteiger partial charge in [-0.15, -0.1) is 0 Å². The molecular formula is C26H38N4O4. The van der Waals surface area contributed by atoms with Crippen molar-refractivity contribution in [1.29, 1.82) is 0 Å². The molecule has 0 spiro atoms. The third kappa shape index (κ3) is 4.68. The second-order valence-electron chi connectivity index (χ2n) is 9.38. The van der Waals surface area contributed by atoms with Crippen molar-refractivity contribution in [3.05, 3.63) is 34.4 Å². The standard InChI is InChI=1S/C26H38N4O4/c1-13(2)19-23(31-7)29-21(25(27-19)33-9)17-12-11-15(5)18(16(17)6)22-26(34-10)28-20(14(3)4)24(30-22)32-8/h11-14,19-22H,1-10H3/t19-,20-,21+,22+/m1/s1. The summed E-state index contributed by atoms with van der Waals surface area (Å²) in [6.45, 7) is 12.5. The first-order chi connectivity index (χ1) is 16.2. The Morgan fingerprint density at radius 2 is 1.06 bits per heavy atom. The van der Waals surface area contributed by atoms with Crippen molar-refractivity contribution in [2.24, 2.45) is 31.8 Å². The van der Waals surface area contributed by atoms with E-state index >= 15 is 0 Å². The molecule has 8 nitrogen and oxygen atoms in total. The third-order valence-corrected chi connectivity index (χ3v) is 6.46. The number of nitrogens with zero attached hydrogens (tertiary/aromatic N) is 4. The van der Waals surface area contributed by atoms with Gasteiger partial charge in [0.05, 0.1) is 28.4 Å². The van der Waals surface area contributed by atoms with Crippen LogP contribution in [-0.2, 0) is 18.9 Å². The molecule has 34 heavy (non-hydrogen) atoms. The summed E-state index contributed by atoms with van der Waals surface area (Å²) in [4.78, 5) is 19.6. The highest BCUT2D eigenvalue weighted by Gasteiger charge is 2.36. The molecule has 0 radical (unpaired) electrons. The number of hydrogen-bond donors (Lipinski definition) is 0. The van der Waals surface area contributed by atoms with Gasteiger partial charge in [-0.2, -0.15) is 0 Å². The predicted octanol–water partition coefficient (Wildman–Crippen LogP) is 4.64. The molecule has 0 unspecified atom stereocenters. The predicted molar refractivity (Wildman–Crippen MR) is 136 cm³/mol. The highest BCUT2D eigenvalue weighted by molar-refractivity contribution is 5.96. The van der Waals surface area contributed by atoms with Crippen LogP contribution in [0, 0.1) is 25.7 Å². The van der Waals surface area contributed by atoms with Crippen molar-refractivity contribution in [3.63, 3.8) is 0 Å². The van der Waals surface area contributed by atoms with E-state index in [4.69, 9.17) is 38.9 Å². The summed E-state index contributed by atoms with van der Waals surface area (Å²) in [5.41, 5.74) is 4.12. The molecule has 2 aliphatic heterocycles. The van der Waals surface area contributed by atoms with Gasteiger partial charge in [0.25, 0.3) is 0 Å². The van der Waals surface area contributed by atoms with E-state index in [0.717, 1.165) is 22.3 Å². The molecule has 1 aromatic rings. The lowest BCUT2D eigenvalue weighted by Crippen LogP contribution is -2.35. The Morgan fingerprint density at radius 3 is 1.50 bits per heavy atom. The summed E-state index contributed by atoms with van der Waals surface area (Å²) < 4.78 is 22.7. The van der Waals surface area contributed by atoms with Gasteiger partial charge in [0.15, 0.2) is 12.1 Å². The van der Waals surface area contributed by atoms with Gasteiger partial charge in [-0.05, 0) is 47.9 Å². The van der Waals surface area contributed by atoms with Crippen LogP contribution in [0.5, 0.6) is 0 Å². The lowest BCUT2D eigenvalue weighted by molar-refractivity contribution is 0.332. The van der Waals surface area contributed by atoms with Crippen molar-refractivity contribution in [2.75, 3.05) is 28.4 Å². The number of hydrogen-bond acceptors (Lipinski definition) is 8. The zero-order valence-corrected chi connectivity index (χ0v) is 22.0. The Kier molecular flexibility index (Phi) is 8.00. The monoisotopic (exact) mass is 470 g/mol. The fourth-order valence-electron chi connectivity index (χ4n) is 4.58. The molecule has 2 heterocycles. The van der Waals surface area contributed by atoms with Gasteiger partial charge in [0.1, 0.15) is 12.1 Å². The molecule has 186 valence electrons. The molecule has 1 aromatic carbocycles. The second-order valence-corrected chi connectivity index (χ2v) is 9.38. The Balaban J connectivity index is 2.15. The van der Waals surface area contributed by atoms with Crippen molar-refractivity contribution in [3.8, 4) is 0 Å². The molecule has 0 amide bonds. The lowest BCUT2D eigenvalue weighted by atomic mass is 9.88. The maximum atomic E-state index is 5.74. The van der Waals surface area contributed by atoms with E-state index in [1.807, 2.05) is 0 Å². The number of benzene rings is 1. The van der Waals surface area contributed by atoms with E-state index in [1.54, 1.807) is 28.4 Å². The van der Waals surface area contributed by atoms with Crippen molar-refractivity contribution in [2.45, 2.75) is 65.7 Å². The van der Waals surface area contributed by atoms with Crippen LogP contribution in [0.4, 0.5) is 0 Å². The molecular weight excluding hydrogens is 432 g/mol. The van der Waals surface area contributed by atoms with Crippen molar-refractivity contribution < 1.29 is 18.9 Å². The van der Waals surface area contributed by atoms with Gasteiger partial charge in [-0.3, -0.25) is 0 Å². The van der Waals surface area contributed by atoms with Gasteiger partial charge >= 0.3 is 0 Å². The van der Waals surface area contributed by atoms with E-state index < -0.39 is 12.1 Å². The smallest absolute Gasteiger partial charge is 0.214 e. The van der Waals surface area contributed by atoms with Crippen LogP contribution in [0.25, 0.3) is 0 Å². The fraction of sp³-hybridized carbons (Fsp3) is 0.615. The number of ether oxygens (including phenoxy) is 4. The molecule has 4 atom stereocenters. The SMILES string of the molecule is COC1=N[C@H](C(C)C)C(OC)=N[C@H]1c1ccc(C)c([C@@H]2N=C(OC)[C@@H](C(C)C)N=C2OC)c1C. The molecule has 0 bridgehead atoms. The number of aliphatic imine (C=N–C) groups is 4. The van der Waals surface area contributed by atoms with Crippen molar-refractivity contribution in [1.82, 2.24) is 0 Å². The summed E-state index contributed by atoms with van der Waals surface area (Å²) >= 11 is 0. The van der Waals surface area contributed by atoms with Gasteiger partial charge in [-0.25, -0.2) is 20.0 Å². The fourth-order valence-corrected chi connectivity index (χ4v) is 4.58. The Morgan fingerprint density at radius 1 is 0.618 bits per heavy atom. The Hall–Kier alpha value is -2.90. The molecule has 0 saturated heterocycles. The summed E-state index contributed by atoms with van der Waals surface area (Å²) in [5.74, 6) is 2.84. The van der Waals surface area contributed by atoms with E-state index in [-0.39, 0.29) is 23.9 Å². The summed E-state index contributed by atoms with van der Waals surface area (Å²) in [5, 5.41) is 0. The minimum Gasteiger partial charge on any atom is -0.483 e. The molecule has 0 fully saturated rings. The van der Waals surface area contributed by atoms with Crippen LogP contribution in [0.2, 0.25) is 0 Å². The third-order valence-electron chi connectivity index (χ3n) is 6.46. The van der Waals surface area contributed by atoms with Crippen LogP contribution in [0.3, 0.4) is 0 Å². The second kappa shape index (κ2) is 10.6. The van der Waals surface area contributed by atoms with Crippen LogP contribution in [-0.4, -0.2) is 64.1 Å². The van der Waals surface area contributed by atoms with Gasteiger partial charge in [-0.1, -0.05) is 39.8 Å². The topological polar surface area (TPSA) is 86.4 Å². The number of rotatable bonds is 4. The van der Waals surface area contributed by atoms with Crippen molar-refractivity contribution >= 4 is 23.6 Å². The van der Waals surface area contributed by atoms with Gasteiger partial charge < -0.3 is 18.9 Å². The maximum absolute atomic E-state index is 5.74. The minimum atomic E-state index is -0.407. The summed E-state index contributed by atoms with van der Waals surface area (Å²) in [6, 6.07) is 2.99. The Labute approximate surface area is 203 Å². The molecule has 8 heteroatoms. The average molecular weight is 471 g/mol. The van der Waals surface area contributed by atoms with Gasteiger partial charge in [0, 0.05) is 0 Å². The first kappa shape index (κ1) is 25.7. The van der Waals surface area contributed by atoms with Crippen LogP contribution in [0.15, 0.2) is 32.1 Å². The average Bonchev–Trinajstić information content (AvgIpc) is 2.82. The quantitative estimate of drug-likeness (QED) is 0.641. The largest absolute Gasteiger partial charge is 0.483 e. The molecule has 0 saturated carbocycles. The lowest BCUT2D eigenvalue weighted by Gasteiger charge is -2.31. The normalized spacial score (nSPS) is 24.8. The summed E-state index contributed by atoms with van der Waals surface area (Å²) in [7, 11) is 6.56.